The third-order valence-corrected chi connectivity index (χ3v) is 5.01. The Bertz CT molecular complexity index is 657. The number of piperidine rings is 1. The van der Waals surface area contributed by atoms with Gasteiger partial charge in [0.1, 0.15) is 5.60 Å². The molecule has 0 radical (unpaired) electrons. The van der Waals surface area contributed by atoms with E-state index in [-0.39, 0.29) is 17.9 Å². The first-order valence-corrected chi connectivity index (χ1v) is 10.3. The first kappa shape index (κ1) is 22.2. The SMILES string of the molecule is CCN(CC)Cc1cccc(NC(=O)C2CCN(C(=O)OC(C)(C)C)CC2)c1. The van der Waals surface area contributed by atoms with E-state index < -0.39 is 5.60 Å². The minimum atomic E-state index is -0.499. The Morgan fingerprint density at radius 3 is 2.39 bits per heavy atom. The number of ether oxygens (including phenoxy) is 1. The van der Waals surface area contributed by atoms with Gasteiger partial charge >= 0.3 is 6.09 Å². The third kappa shape index (κ3) is 6.82. The molecule has 1 heterocycles. The van der Waals surface area contributed by atoms with E-state index in [9.17, 15) is 9.59 Å². The number of anilines is 1. The second kappa shape index (κ2) is 9.92. The maximum absolute atomic E-state index is 12.7. The van der Waals surface area contributed by atoms with E-state index in [0.29, 0.717) is 25.9 Å². The van der Waals surface area contributed by atoms with Crippen LogP contribution >= 0.6 is 0 Å². The van der Waals surface area contributed by atoms with Crippen LogP contribution in [-0.2, 0) is 16.1 Å². The van der Waals surface area contributed by atoms with Crippen LogP contribution in [0.5, 0.6) is 0 Å². The van der Waals surface area contributed by atoms with Gasteiger partial charge in [0.05, 0.1) is 0 Å². The van der Waals surface area contributed by atoms with Gasteiger partial charge in [0.25, 0.3) is 0 Å². The van der Waals surface area contributed by atoms with E-state index in [1.807, 2.05) is 39.0 Å². The molecule has 2 rings (SSSR count). The highest BCUT2D eigenvalue weighted by atomic mass is 16.6. The first-order chi connectivity index (χ1) is 13.2. The Morgan fingerprint density at radius 2 is 1.82 bits per heavy atom. The number of nitrogens with zero attached hydrogens (tertiary/aromatic N) is 2. The van der Waals surface area contributed by atoms with Crippen molar-refractivity contribution in [3.8, 4) is 0 Å². The van der Waals surface area contributed by atoms with Crippen molar-refractivity contribution in [2.75, 3.05) is 31.5 Å². The minimum Gasteiger partial charge on any atom is -0.444 e. The summed E-state index contributed by atoms with van der Waals surface area (Å²) >= 11 is 0. The lowest BCUT2D eigenvalue weighted by Crippen LogP contribution is -2.43. The van der Waals surface area contributed by atoms with Crippen LogP contribution in [-0.4, -0.2) is 53.6 Å². The quantitative estimate of drug-likeness (QED) is 0.795. The molecule has 0 atom stereocenters. The number of rotatable bonds is 6. The predicted molar refractivity (Wildman–Crippen MR) is 112 cm³/mol. The van der Waals surface area contributed by atoms with Gasteiger partial charge in [-0.1, -0.05) is 26.0 Å². The molecular weight excluding hydrogens is 354 g/mol. The van der Waals surface area contributed by atoms with Crippen LogP contribution < -0.4 is 5.32 Å². The second-order valence-corrected chi connectivity index (χ2v) is 8.39. The number of carbonyl (C=O) groups excluding carboxylic acids is 2. The number of nitrogens with one attached hydrogen (secondary N) is 1. The molecule has 0 aliphatic carbocycles. The molecule has 156 valence electrons. The fourth-order valence-electron chi connectivity index (χ4n) is 3.35. The molecule has 6 heteroatoms. The molecule has 2 amide bonds. The molecule has 0 saturated carbocycles. The van der Waals surface area contributed by atoms with Gasteiger partial charge in [0, 0.05) is 31.2 Å². The molecule has 1 saturated heterocycles. The Morgan fingerprint density at radius 1 is 1.18 bits per heavy atom. The molecule has 1 aromatic carbocycles. The van der Waals surface area contributed by atoms with Crippen LogP contribution in [0.2, 0.25) is 0 Å². The molecule has 0 unspecified atom stereocenters. The summed E-state index contributed by atoms with van der Waals surface area (Å²) in [5.74, 6) is -0.0473. The Labute approximate surface area is 169 Å². The second-order valence-electron chi connectivity index (χ2n) is 8.39. The zero-order valence-electron chi connectivity index (χ0n) is 18.0. The number of amides is 2. The molecule has 1 aliphatic rings. The summed E-state index contributed by atoms with van der Waals surface area (Å²) in [5, 5.41) is 3.05. The third-order valence-electron chi connectivity index (χ3n) is 5.01. The normalized spacial score (nSPS) is 15.6. The van der Waals surface area contributed by atoms with E-state index in [1.54, 1.807) is 4.90 Å². The molecule has 1 aliphatic heterocycles. The van der Waals surface area contributed by atoms with Gasteiger partial charge in [-0.2, -0.15) is 0 Å². The van der Waals surface area contributed by atoms with E-state index in [4.69, 9.17) is 4.74 Å². The fourth-order valence-corrected chi connectivity index (χ4v) is 3.35. The lowest BCUT2D eigenvalue weighted by atomic mass is 9.96. The number of likely N-dealkylation sites (tertiary alicyclic amines) is 1. The van der Waals surface area contributed by atoms with Crippen LogP contribution in [0.1, 0.15) is 53.0 Å². The highest BCUT2D eigenvalue weighted by Crippen LogP contribution is 2.22. The van der Waals surface area contributed by atoms with Crippen LogP contribution in [0.25, 0.3) is 0 Å². The van der Waals surface area contributed by atoms with E-state index in [1.165, 1.54) is 5.56 Å². The first-order valence-electron chi connectivity index (χ1n) is 10.3. The van der Waals surface area contributed by atoms with Crippen molar-refractivity contribution in [2.45, 2.75) is 59.6 Å². The number of benzene rings is 1. The van der Waals surface area contributed by atoms with E-state index in [2.05, 4.69) is 30.1 Å². The highest BCUT2D eigenvalue weighted by molar-refractivity contribution is 5.92. The molecule has 1 aromatic rings. The van der Waals surface area contributed by atoms with Crippen LogP contribution in [0, 0.1) is 5.92 Å². The van der Waals surface area contributed by atoms with E-state index >= 15 is 0 Å². The molecule has 0 bridgehead atoms. The largest absolute Gasteiger partial charge is 0.444 e. The summed E-state index contributed by atoms with van der Waals surface area (Å²) in [7, 11) is 0. The summed E-state index contributed by atoms with van der Waals surface area (Å²) in [6.07, 6.45) is 1.02. The molecule has 28 heavy (non-hydrogen) atoms. The maximum Gasteiger partial charge on any atom is 0.410 e. The van der Waals surface area contributed by atoms with Gasteiger partial charge in [-0.25, -0.2) is 4.79 Å². The van der Waals surface area contributed by atoms with Crippen molar-refractivity contribution in [3.63, 3.8) is 0 Å². The summed E-state index contributed by atoms with van der Waals surface area (Å²) in [6, 6.07) is 8.05. The van der Waals surface area contributed by atoms with Crippen molar-refractivity contribution in [1.29, 1.82) is 0 Å². The standard InChI is InChI=1S/C22H35N3O3/c1-6-24(7-2)16-17-9-8-10-19(15-17)23-20(26)18-11-13-25(14-12-18)21(27)28-22(3,4)5/h8-10,15,18H,6-7,11-14,16H2,1-5H3,(H,23,26). The van der Waals surface area contributed by atoms with Crippen molar-refractivity contribution >= 4 is 17.7 Å². The van der Waals surface area contributed by atoms with Crippen molar-refractivity contribution in [2.24, 2.45) is 5.92 Å². The van der Waals surface area contributed by atoms with Gasteiger partial charge in [-0.15, -0.1) is 0 Å². The van der Waals surface area contributed by atoms with Crippen LogP contribution in [0.3, 0.4) is 0 Å². The number of hydrogen-bond donors (Lipinski definition) is 1. The molecule has 6 nitrogen and oxygen atoms in total. The molecule has 0 aromatic heterocycles. The summed E-state index contributed by atoms with van der Waals surface area (Å²) < 4.78 is 5.41. The molecule has 1 fully saturated rings. The zero-order chi connectivity index (χ0) is 20.7. The Balaban J connectivity index is 1.87. The maximum atomic E-state index is 12.7. The van der Waals surface area contributed by atoms with E-state index in [0.717, 1.165) is 25.3 Å². The van der Waals surface area contributed by atoms with Gasteiger partial charge in [-0.05, 0) is 64.4 Å². The minimum absolute atomic E-state index is 0.0313. The summed E-state index contributed by atoms with van der Waals surface area (Å²) in [6.45, 7) is 13.9. The van der Waals surface area contributed by atoms with Gasteiger partial charge < -0.3 is 15.0 Å². The van der Waals surface area contributed by atoms with Gasteiger partial charge in [0.15, 0.2) is 0 Å². The Hall–Kier alpha value is -2.08. The smallest absolute Gasteiger partial charge is 0.410 e. The number of hydrogen-bond acceptors (Lipinski definition) is 4. The topological polar surface area (TPSA) is 61.9 Å². The van der Waals surface area contributed by atoms with Gasteiger partial charge in [0.2, 0.25) is 5.91 Å². The summed E-state index contributed by atoms with van der Waals surface area (Å²) in [5.41, 5.74) is 1.53. The van der Waals surface area contributed by atoms with Crippen LogP contribution in [0.15, 0.2) is 24.3 Å². The molecule has 1 N–H and O–H groups in total. The highest BCUT2D eigenvalue weighted by Gasteiger charge is 2.29. The number of carbonyl (C=O) groups is 2. The lowest BCUT2D eigenvalue weighted by molar-refractivity contribution is -0.121. The van der Waals surface area contributed by atoms with Gasteiger partial charge in [-0.3, -0.25) is 9.69 Å². The fraction of sp³-hybridized carbons (Fsp3) is 0.636. The average molecular weight is 390 g/mol. The summed E-state index contributed by atoms with van der Waals surface area (Å²) in [4.78, 5) is 28.9. The van der Waals surface area contributed by atoms with Crippen molar-refractivity contribution in [1.82, 2.24) is 9.80 Å². The molecule has 0 spiro atoms. The van der Waals surface area contributed by atoms with Crippen molar-refractivity contribution in [3.05, 3.63) is 29.8 Å². The monoisotopic (exact) mass is 389 g/mol. The lowest BCUT2D eigenvalue weighted by Gasteiger charge is -2.33. The molecular formula is C22H35N3O3. The zero-order valence-corrected chi connectivity index (χ0v) is 18.0. The van der Waals surface area contributed by atoms with Crippen LogP contribution in [0.4, 0.5) is 10.5 Å². The predicted octanol–water partition coefficient (Wildman–Crippen LogP) is 4.11. The average Bonchev–Trinajstić information content (AvgIpc) is 2.65. The Kier molecular flexibility index (Phi) is 7.87. The van der Waals surface area contributed by atoms with Crippen molar-refractivity contribution < 1.29 is 14.3 Å².